The number of carboxylic acids is 1. The van der Waals surface area contributed by atoms with Crippen molar-refractivity contribution >= 4 is 29.3 Å². The number of hydrogen-bond donors (Lipinski definition) is 1. The standard InChI is InChI=1S/C17H18ClFN2O4S/c1-10(26-2)6-7-21-16(24)12(8-20(17(21)25)9-14(22)23)11-4-3-5-13(19)15(11)18/h3-5,8,10H,6-7,9H2,1-2H3,(H,22,23). The van der Waals surface area contributed by atoms with Crippen LogP contribution in [-0.2, 0) is 17.9 Å². The zero-order valence-electron chi connectivity index (χ0n) is 14.2. The van der Waals surface area contributed by atoms with Crippen LogP contribution in [0.15, 0.2) is 34.0 Å². The summed E-state index contributed by atoms with van der Waals surface area (Å²) in [5.41, 5.74) is -1.26. The van der Waals surface area contributed by atoms with E-state index in [0.717, 1.165) is 21.4 Å². The number of aromatic nitrogens is 2. The van der Waals surface area contributed by atoms with Gasteiger partial charge in [-0.25, -0.2) is 9.18 Å². The lowest BCUT2D eigenvalue weighted by molar-refractivity contribution is -0.137. The van der Waals surface area contributed by atoms with Gasteiger partial charge in [0.2, 0.25) is 0 Å². The van der Waals surface area contributed by atoms with Gasteiger partial charge in [-0.2, -0.15) is 11.8 Å². The number of nitrogens with zero attached hydrogens (tertiary/aromatic N) is 2. The molecule has 1 heterocycles. The third-order valence-corrected chi connectivity index (χ3v) is 5.37. The topological polar surface area (TPSA) is 81.3 Å². The first kappa shape index (κ1) is 20.3. The fourth-order valence-electron chi connectivity index (χ4n) is 2.44. The predicted molar refractivity (Wildman–Crippen MR) is 101 cm³/mol. The Hall–Kier alpha value is -2.06. The van der Waals surface area contributed by atoms with Gasteiger partial charge in [0.1, 0.15) is 12.4 Å². The quantitative estimate of drug-likeness (QED) is 0.772. The highest BCUT2D eigenvalue weighted by atomic mass is 35.5. The molecule has 0 spiro atoms. The van der Waals surface area contributed by atoms with Gasteiger partial charge in [-0.15, -0.1) is 0 Å². The highest BCUT2D eigenvalue weighted by Crippen LogP contribution is 2.27. The molecule has 26 heavy (non-hydrogen) atoms. The van der Waals surface area contributed by atoms with Gasteiger partial charge in [-0.05, 0) is 18.7 Å². The average Bonchev–Trinajstić information content (AvgIpc) is 2.59. The van der Waals surface area contributed by atoms with Gasteiger partial charge in [-0.1, -0.05) is 30.7 Å². The molecule has 0 radical (unpaired) electrons. The predicted octanol–water partition coefficient (Wildman–Crippen LogP) is 2.70. The Bertz CT molecular complexity index is 941. The minimum Gasteiger partial charge on any atom is -0.480 e. The Morgan fingerprint density at radius 1 is 1.35 bits per heavy atom. The minimum absolute atomic E-state index is 0.0212. The van der Waals surface area contributed by atoms with Crippen molar-refractivity contribution < 1.29 is 14.3 Å². The zero-order valence-corrected chi connectivity index (χ0v) is 15.8. The maximum absolute atomic E-state index is 13.8. The summed E-state index contributed by atoms with van der Waals surface area (Å²) in [6.45, 7) is 1.47. The highest BCUT2D eigenvalue weighted by molar-refractivity contribution is 7.99. The van der Waals surface area contributed by atoms with Crippen molar-refractivity contribution in [3.8, 4) is 11.1 Å². The Morgan fingerprint density at radius 3 is 2.65 bits per heavy atom. The van der Waals surface area contributed by atoms with E-state index >= 15 is 0 Å². The van der Waals surface area contributed by atoms with Crippen molar-refractivity contribution in [2.24, 2.45) is 0 Å². The van der Waals surface area contributed by atoms with Crippen molar-refractivity contribution in [1.29, 1.82) is 0 Å². The van der Waals surface area contributed by atoms with Gasteiger partial charge in [0.05, 0.1) is 10.6 Å². The van der Waals surface area contributed by atoms with Crippen molar-refractivity contribution in [2.45, 2.75) is 31.7 Å². The van der Waals surface area contributed by atoms with Crippen LogP contribution in [0.5, 0.6) is 0 Å². The SMILES string of the molecule is CSC(C)CCn1c(=O)c(-c2cccc(F)c2Cl)cn(CC(=O)O)c1=O. The Balaban J connectivity index is 2.68. The van der Waals surface area contributed by atoms with Crippen LogP contribution in [0.1, 0.15) is 13.3 Å². The molecule has 1 aromatic heterocycles. The van der Waals surface area contributed by atoms with Crippen LogP contribution in [0.4, 0.5) is 4.39 Å². The lowest BCUT2D eigenvalue weighted by Crippen LogP contribution is -2.41. The average molecular weight is 401 g/mol. The first-order valence-corrected chi connectivity index (χ1v) is 9.46. The molecular weight excluding hydrogens is 383 g/mol. The molecule has 0 amide bonds. The summed E-state index contributed by atoms with van der Waals surface area (Å²) in [4.78, 5) is 36.4. The number of carbonyl (C=O) groups is 1. The molecule has 1 N–H and O–H groups in total. The van der Waals surface area contributed by atoms with Gasteiger partial charge >= 0.3 is 11.7 Å². The van der Waals surface area contributed by atoms with Crippen LogP contribution in [0.2, 0.25) is 5.02 Å². The normalized spacial score (nSPS) is 12.2. The van der Waals surface area contributed by atoms with E-state index in [-0.39, 0.29) is 27.9 Å². The second-order valence-corrected chi connectivity index (χ2v) is 7.39. The molecule has 0 aliphatic carbocycles. The van der Waals surface area contributed by atoms with Crippen LogP contribution in [0.25, 0.3) is 11.1 Å². The molecule has 0 saturated carbocycles. The first-order chi connectivity index (χ1) is 12.3. The Morgan fingerprint density at radius 2 is 2.04 bits per heavy atom. The number of thioether (sulfide) groups is 1. The van der Waals surface area contributed by atoms with Gasteiger partial charge in [0, 0.05) is 23.6 Å². The number of benzene rings is 1. The maximum Gasteiger partial charge on any atom is 0.331 e. The largest absolute Gasteiger partial charge is 0.480 e. The summed E-state index contributed by atoms with van der Waals surface area (Å²) in [5.74, 6) is -1.94. The lowest BCUT2D eigenvalue weighted by atomic mass is 10.1. The minimum atomic E-state index is -1.23. The van der Waals surface area contributed by atoms with Crippen molar-refractivity contribution in [3.63, 3.8) is 0 Å². The molecule has 9 heteroatoms. The second-order valence-electron chi connectivity index (χ2n) is 5.74. The van der Waals surface area contributed by atoms with Gasteiger partial charge in [0.15, 0.2) is 0 Å². The monoisotopic (exact) mass is 400 g/mol. The van der Waals surface area contributed by atoms with Crippen molar-refractivity contribution in [2.75, 3.05) is 6.26 Å². The number of carboxylic acid groups (broad SMARTS) is 1. The van der Waals surface area contributed by atoms with Crippen molar-refractivity contribution in [1.82, 2.24) is 9.13 Å². The van der Waals surface area contributed by atoms with E-state index in [1.54, 1.807) is 11.8 Å². The van der Waals surface area contributed by atoms with E-state index < -0.39 is 29.6 Å². The molecule has 0 saturated heterocycles. The van der Waals surface area contributed by atoms with E-state index in [4.69, 9.17) is 16.7 Å². The van der Waals surface area contributed by atoms with Gasteiger partial charge in [0.25, 0.3) is 5.56 Å². The molecule has 0 fully saturated rings. The van der Waals surface area contributed by atoms with E-state index in [0.29, 0.717) is 6.42 Å². The van der Waals surface area contributed by atoms with E-state index in [9.17, 15) is 18.8 Å². The van der Waals surface area contributed by atoms with E-state index in [1.807, 2.05) is 13.2 Å². The molecule has 0 bridgehead atoms. The van der Waals surface area contributed by atoms with Crippen LogP contribution >= 0.6 is 23.4 Å². The second kappa shape index (κ2) is 8.55. The third kappa shape index (κ3) is 4.37. The number of aliphatic carboxylic acids is 1. The Kier molecular flexibility index (Phi) is 6.66. The maximum atomic E-state index is 13.8. The summed E-state index contributed by atoms with van der Waals surface area (Å²) < 4.78 is 15.7. The molecule has 1 unspecified atom stereocenters. The summed E-state index contributed by atoms with van der Waals surface area (Å²) in [6.07, 6.45) is 3.58. The summed E-state index contributed by atoms with van der Waals surface area (Å²) >= 11 is 7.56. The number of rotatable bonds is 7. The third-order valence-electron chi connectivity index (χ3n) is 3.95. The molecule has 1 atom stereocenters. The highest BCUT2D eigenvalue weighted by Gasteiger charge is 2.18. The van der Waals surface area contributed by atoms with E-state index in [1.165, 1.54) is 12.1 Å². The van der Waals surface area contributed by atoms with Crippen LogP contribution in [-0.4, -0.2) is 31.7 Å². The smallest absolute Gasteiger partial charge is 0.331 e. The fraction of sp³-hybridized carbons (Fsp3) is 0.353. The lowest BCUT2D eigenvalue weighted by Gasteiger charge is -2.14. The molecule has 140 valence electrons. The van der Waals surface area contributed by atoms with Gasteiger partial charge in [-0.3, -0.25) is 18.7 Å². The molecule has 6 nitrogen and oxygen atoms in total. The molecule has 1 aromatic carbocycles. The summed E-state index contributed by atoms with van der Waals surface area (Å²) in [7, 11) is 0. The molecular formula is C17H18ClFN2O4S. The summed E-state index contributed by atoms with van der Waals surface area (Å²) in [5, 5.41) is 8.98. The molecule has 2 rings (SSSR count). The summed E-state index contributed by atoms with van der Waals surface area (Å²) in [6, 6.07) is 3.99. The van der Waals surface area contributed by atoms with Crippen LogP contribution < -0.4 is 11.2 Å². The molecule has 0 aliphatic heterocycles. The molecule has 0 aliphatic rings. The van der Waals surface area contributed by atoms with Gasteiger partial charge < -0.3 is 5.11 Å². The van der Waals surface area contributed by atoms with Crippen LogP contribution in [0, 0.1) is 5.82 Å². The fourth-order valence-corrected chi connectivity index (χ4v) is 3.00. The molecule has 2 aromatic rings. The first-order valence-electron chi connectivity index (χ1n) is 7.79. The number of halogens is 2. The van der Waals surface area contributed by atoms with E-state index in [2.05, 4.69) is 0 Å². The van der Waals surface area contributed by atoms with Crippen molar-refractivity contribution in [3.05, 3.63) is 56.1 Å². The van der Waals surface area contributed by atoms with Crippen LogP contribution in [0.3, 0.4) is 0 Å². The number of hydrogen-bond acceptors (Lipinski definition) is 4. The Labute approximate surface area is 158 Å². The zero-order chi connectivity index (χ0) is 19.4.